The van der Waals surface area contributed by atoms with Crippen molar-refractivity contribution in [1.82, 2.24) is 10.6 Å². The smallest absolute Gasteiger partial charge is 0.252 e. The number of rotatable bonds is 2. The number of nitrogens with one attached hydrogen (secondary N) is 2. The van der Waals surface area contributed by atoms with Gasteiger partial charge in [0.1, 0.15) is 5.82 Å². The minimum atomic E-state index is -0.419. The van der Waals surface area contributed by atoms with Crippen molar-refractivity contribution in [3.05, 3.63) is 34.1 Å². The van der Waals surface area contributed by atoms with Gasteiger partial charge in [0.25, 0.3) is 5.91 Å². The monoisotopic (exact) mass is 286 g/mol. The normalized spacial score (nSPS) is 19.8. The van der Waals surface area contributed by atoms with E-state index in [-0.39, 0.29) is 16.4 Å². The Balaban J connectivity index is 2.11. The van der Waals surface area contributed by atoms with Crippen LogP contribution in [0.15, 0.2) is 22.7 Å². The first-order chi connectivity index (χ1) is 7.68. The molecule has 5 heteroatoms. The predicted molar refractivity (Wildman–Crippen MR) is 62.8 cm³/mol. The number of hydrogen-bond donors (Lipinski definition) is 2. The van der Waals surface area contributed by atoms with E-state index in [0.29, 0.717) is 5.56 Å². The number of benzene rings is 1. The number of carbonyl (C=O) groups is 1. The summed E-state index contributed by atoms with van der Waals surface area (Å²) in [6.07, 6.45) is 0.915. The van der Waals surface area contributed by atoms with Gasteiger partial charge in [0.2, 0.25) is 0 Å². The highest BCUT2D eigenvalue weighted by molar-refractivity contribution is 9.10. The van der Waals surface area contributed by atoms with Gasteiger partial charge in [0, 0.05) is 12.6 Å². The Hall–Kier alpha value is -0.940. The van der Waals surface area contributed by atoms with Gasteiger partial charge >= 0.3 is 0 Å². The molecule has 1 aromatic carbocycles. The molecule has 2 N–H and O–H groups in total. The van der Waals surface area contributed by atoms with E-state index >= 15 is 0 Å². The average molecular weight is 287 g/mol. The number of amides is 1. The van der Waals surface area contributed by atoms with Gasteiger partial charge in [-0.3, -0.25) is 4.79 Å². The van der Waals surface area contributed by atoms with Crippen LogP contribution in [0.25, 0.3) is 0 Å². The summed E-state index contributed by atoms with van der Waals surface area (Å²) in [5, 5.41) is 6.02. The summed E-state index contributed by atoms with van der Waals surface area (Å²) in [7, 11) is 0. The molecule has 0 unspecified atom stereocenters. The van der Waals surface area contributed by atoms with Crippen molar-refractivity contribution in [3.8, 4) is 0 Å². The standard InChI is InChI=1S/C11H12BrFN2O/c12-10-8(2-1-3-9(10)13)11(16)15-7-4-5-14-6-7/h1-3,7,14H,4-6H2,(H,15,16)/t7-/m1/s1. The maximum atomic E-state index is 13.2. The lowest BCUT2D eigenvalue weighted by molar-refractivity contribution is 0.0938. The third kappa shape index (κ3) is 2.41. The van der Waals surface area contributed by atoms with Gasteiger partial charge in [0.05, 0.1) is 10.0 Å². The fourth-order valence-electron chi connectivity index (χ4n) is 1.72. The van der Waals surface area contributed by atoms with Crippen LogP contribution in [-0.4, -0.2) is 25.0 Å². The molecule has 1 saturated heterocycles. The molecule has 0 aromatic heterocycles. The van der Waals surface area contributed by atoms with Crippen LogP contribution >= 0.6 is 15.9 Å². The van der Waals surface area contributed by atoms with Crippen molar-refractivity contribution < 1.29 is 9.18 Å². The lowest BCUT2D eigenvalue weighted by Crippen LogP contribution is -2.36. The molecule has 16 heavy (non-hydrogen) atoms. The summed E-state index contributed by atoms with van der Waals surface area (Å²) in [5.41, 5.74) is 0.340. The number of halogens is 2. The van der Waals surface area contributed by atoms with Crippen LogP contribution in [0.3, 0.4) is 0 Å². The lowest BCUT2D eigenvalue weighted by atomic mass is 10.2. The molecule has 0 spiro atoms. The lowest BCUT2D eigenvalue weighted by Gasteiger charge is -2.12. The zero-order valence-corrected chi connectivity index (χ0v) is 10.2. The molecular weight excluding hydrogens is 275 g/mol. The highest BCUT2D eigenvalue weighted by Gasteiger charge is 2.19. The molecule has 3 nitrogen and oxygen atoms in total. The Morgan fingerprint density at radius 1 is 1.56 bits per heavy atom. The molecule has 1 aliphatic heterocycles. The molecule has 0 radical (unpaired) electrons. The van der Waals surface area contributed by atoms with E-state index in [1.807, 2.05) is 0 Å². The predicted octanol–water partition coefficient (Wildman–Crippen LogP) is 1.68. The van der Waals surface area contributed by atoms with E-state index in [2.05, 4.69) is 26.6 Å². The molecule has 1 amide bonds. The first-order valence-corrected chi connectivity index (χ1v) is 5.93. The van der Waals surface area contributed by atoms with Gasteiger partial charge in [-0.1, -0.05) is 6.07 Å². The van der Waals surface area contributed by atoms with Gasteiger partial charge in [-0.2, -0.15) is 0 Å². The van der Waals surface area contributed by atoms with Crippen LogP contribution in [0.2, 0.25) is 0 Å². The minimum Gasteiger partial charge on any atom is -0.348 e. The second-order valence-corrected chi connectivity index (χ2v) is 4.56. The van der Waals surface area contributed by atoms with E-state index in [9.17, 15) is 9.18 Å². The zero-order chi connectivity index (χ0) is 11.5. The maximum absolute atomic E-state index is 13.2. The Morgan fingerprint density at radius 2 is 2.38 bits per heavy atom. The average Bonchev–Trinajstić information content (AvgIpc) is 2.74. The molecule has 0 saturated carbocycles. The second kappa shape index (κ2) is 4.93. The van der Waals surface area contributed by atoms with Crippen molar-refractivity contribution in [1.29, 1.82) is 0 Å². The fourth-order valence-corrected chi connectivity index (χ4v) is 2.16. The molecule has 1 aliphatic rings. The number of hydrogen-bond acceptors (Lipinski definition) is 2. The molecule has 1 heterocycles. The molecule has 2 rings (SSSR count). The van der Waals surface area contributed by atoms with Gasteiger partial charge in [-0.05, 0) is 41.0 Å². The fraction of sp³-hybridized carbons (Fsp3) is 0.364. The number of carbonyl (C=O) groups excluding carboxylic acids is 1. The second-order valence-electron chi connectivity index (χ2n) is 3.76. The largest absolute Gasteiger partial charge is 0.348 e. The summed E-state index contributed by atoms with van der Waals surface area (Å²) >= 11 is 3.08. The van der Waals surface area contributed by atoms with Gasteiger partial charge in [0.15, 0.2) is 0 Å². The van der Waals surface area contributed by atoms with E-state index < -0.39 is 5.82 Å². The van der Waals surface area contributed by atoms with Crippen molar-refractivity contribution in [2.45, 2.75) is 12.5 Å². The van der Waals surface area contributed by atoms with E-state index in [1.54, 1.807) is 6.07 Å². The molecule has 1 fully saturated rings. The molecule has 0 bridgehead atoms. The third-order valence-corrected chi connectivity index (χ3v) is 3.40. The van der Waals surface area contributed by atoms with E-state index in [4.69, 9.17) is 0 Å². The Labute approximate surface area is 102 Å². The Kier molecular flexibility index (Phi) is 3.56. The van der Waals surface area contributed by atoms with Crippen LogP contribution < -0.4 is 10.6 Å². The highest BCUT2D eigenvalue weighted by atomic mass is 79.9. The topological polar surface area (TPSA) is 41.1 Å². The molecule has 1 atom stereocenters. The van der Waals surface area contributed by atoms with Crippen molar-refractivity contribution in [3.63, 3.8) is 0 Å². The highest BCUT2D eigenvalue weighted by Crippen LogP contribution is 2.20. The quantitative estimate of drug-likeness (QED) is 0.869. The zero-order valence-electron chi connectivity index (χ0n) is 8.59. The molecular formula is C11H12BrFN2O. The van der Waals surface area contributed by atoms with E-state index in [1.165, 1.54) is 12.1 Å². The van der Waals surface area contributed by atoms with Crippen LogP contribution in [0.4, 0.5) is 4.39 Å². The van der Waals surface area contributed by atoms with Crippen molar-refractivity contribution in [2.24, 2.45) is 0 Å². The summed E-state index contributed by atoms with van der Waals surface area (Å²) in [6.45, 7) is 1.69. The van der Waals surface area contributed by atoms with Crippen LogP contribution in [0.1, 0.15) is 16.8 Å². The van der Waals surface area contributed by atoms with Crippen LogP contribution in [0, 0.1) is 5.82 Å². The van der Waals surface area contributed by atoms with Crippen molar-refractivity contribution >= 4 is 21.8 Å². The van der Waals surface area contributed by atoms with E-state index in [0.717, 1.165) is 19.5 Å². The SMILES string of the molecule is O=C(N[C@@H]1CCNC1)c1cccc(F)c1Br. The molecule has 0 aliphatic carbocycles. The van der Waals surface area contributed by atoms with Crippen molar-refractivity contribution in [2.75, 3.05) is 13.1 Å². The summed E-state index contributed by atoms with van der Waals surface area (Å²) in [4.78, 5) is 11.8. The van der Waals surface area contributed by atoms with Crippen LogP contribution in [-0.2, 0) is 0 Å². The Morgan fingerprint density at radius 3 is 3.06 bits per heavy atom. The first-order valence-electron chi connectivity index (χ1n) is 5.14. The van der Waals surface area contributed by atoms with Gasteiger partial charge < -0.3 is 10.6 Å². The summed E-state index contributed by atoms with van der Waals surface area (Å²) in [5.74, 6) is -0.655. The van der Waals surface area contributed by atoms with Gasteiger partial charge in [-0.15, -0.1) is 0 Å². The third-order valence-electron chi connectivity index (χ3n) is 2.59. The van der Waals surface area contributed by atoms with Crippen LogP contribution in [0.5, 0.6) is 0 Å². The summed E-state index contributed by atoms with van der Waals surface area (Å²) in [6, 6.07) is 4.59. The summed E-state index contributed by atoms with van der Waals surface area (Å²) < 4.78 is 13.4. The minimum absolute atomic E-state index is 0.141. The maximum Gasteiger partial charge on any atom is 0.252 e. The first kappa shape index (κ1) is 11.5. The Bertz CT molecular complexity index is 405. The molecule has 1 aromatic rings. The van der Waals surface area contributed by atoms with Gasteiger partial charge in [-0.25, -0.2) is 4.39 Å². The molecule has 86 valence electrons.